The van der Waals surface area contributed by atoms with Gasteiger partial charge in [0.1, 0.15) is 5.78 Å². The molecule has 76 valence electrons. The second-order valence-corrected chi connectivity index (χ2v) is 3.48. The Morgan fingerprint density at radius 3 is 2.36 bits per heavy atom. The summed E-state index contributed by atoms with van der Waals surface area (Å²) in [5.74, 6) is -0.235. The highest BCUT2D eigenvalue weighted by molar-refractivity contribution is 5.79. The molecule has 0 aliphatic heterocycles. The number of ketones is 1. The highest BCUT2D eigenvalue weighted by atomic mass is 16.3. The first kappa shape index (κ1) is 10.9. The fourth-order valence-corrected chi connectivity index (χ4v) is 1.62. The largest absolute Gasteiger partial charge is 0.388 e. The highest BCUT2D eigenvalue weighted by Crippen LogP contribution is 2.24. The van der Waals surface area contributed by atoms with Crippen LogP contribution in [0.1, 0.15) is 31.9 Å². The quantitative estimate of drug-likeness (QED) is 0.795. The molecule has 14 heavy (non-hydrogen) atoms. The molecule has 0 fully saturated rings. The molecule has 0 saturated carbocycles. The van der Waals surface area contributed by atoms with Crippen LogP contribution in [-0.2, 0) is 4.79 Å². The molecule has 1 rings (SSSR count). The van der Waals surface area contributed by atoms with Gasteiger partial charge in [0.2, 0.25) is 0 Å². The van der Waals surface area contributed by atoms with Crippen LogP contribution >= 0.6 is 0 Å². The zero-order valence-electron chi connectivity index (χ0n) is 8.60. The lowest BCUT2D eigenvalue weighted by atomic mass is 9.90. The van der Waals surface area contributed by atoms with Gasteiger partial charge in [-0.3, -0.25) is 4.79 Å². The maximum atomic E-state index is 11.2. The molecule has 0 aromatic heterocycles. The van der Waals surface area contributed by atoms with Crippen LogP contribution in [0.15, 0.2) is 30.3 Å². The van der Waals surface area contributed by atoms with Crippen LogP contribution in [-0.4, -0.2) is 10.9 Å². The van der Waals surface area contributed by atoms with E-state index in [1.54, 1.807) is 0 Å². The summed E-state index contributed by atoms with van der Waals surface area (Å²) >= 11 is 0. The van der Waals surface area contributed by atoms with Gasteiger partial charge in [0, 0.05) is 5.92 Å². The van der Waals surface area contributed by atoms with Gasteiger partial charge in [0.25, 0.3) is 0 Å². The Bertz CT molecular complexity index is 292. The van der Waals surface area contributed by atoms with Gasteiger partial charge in [-0.25, -0.2) is 0 Å². The Labute approximate surface area is 84.6 Å². The minimum atomic E-state index is -0.668. The third kappa shape index (κ3) is 2.42. The van der Waals surface area contributed by atoms with Crippen LogP contribution in [0, 0.1) is 5.92 Å². The van der Waals surface area contributed by atoms with Crippen LogP contribution in [0.3, 0.4) is 0 Å². The molecular weight excluding hydrogens is 176 g/mol. The zero-order valence-corrected chi connectivity index (χ0v) is 8.60. The average Bonchev–Trinajstić information content (AvgIpc) is 2.19. The van der Waals surface area contributed by atoms with E-state index in [0.717, 1.165) is 5.56 Å². The molecule has 1 aromatic rings. The first-order valence-electron chi connectivity index (χ1n) is 4.90. The van der Waals surface area contributed by atoms with E-state index in [0.29, 0.717) is 6.42 Å². The standard InChI is InChI=1S/C12H16O2/c1-3-11(9(2)13)12(14)10-7-5-4-6-8-10/h4-8,11-12,14H,3H2,1-2H3/t11-,12+/m1/s1. The van der Waals surface area contributed by atoms with Crippen molar-refractivity contribution in [2.45, 2.75) is 26.4 Å². The summed E-state index contributed by atoms with van der Waals surface area (Å²) in [6.45, 7) is 3.44. The topological polar surface area (TPSA) is 37.3 Å². The lowest BCUT2D eigenvalue weighted by molar-refractivity contribution is -0.124. The molecule has 0 bridgehead atoms. The first-order chi connectivity index (χ1) is 6.66. The first-order valence-corrected chi connectivity index (χ1v) is 4.90. The predicted octanol–water partition coefficient (Wildman–Crippen LogP) is 2.34. The molecule has 0 spiro atoms. The van der Waals surface area contributed by atoms with Gasteiger partial charge in [0.15, 0.2) is 0 Å². The van der Waals surface area contributed by atoms with Crippen molar-refractivity contribution in [1.29, 1.82) is 0 Å². The summed E-state index contributed by atoms with van der Waals surface area (Å²) in [6.07, 6.45) is 0.00415. The Kier molecular flexibility index (Phi) is 3.84. The average molecular weight is 192 g/mol. The van der Waals surface area contributed by atoms with E-state index in [9.17, 15) is 9.90 Å². The molecule has 2 nitrogen and oxygen atoms in total. The Morgan fingerprint density at radius 1 is 1.36 bits per heavy atom. The highest BCUT2D eigenvalue weighted by Gasteiger charge is 2.22. The number of hydrogen-bond donors (Lipinski definition) is 1. The van der Waals surface area contributed by atoms with Gasteiger partial charge in [-0.1, -0.05) is 37.3 Å². The molecule has 0 aliphatic carbocycles. The van der Waals surface area contributed by atoms with Gasteiger partial charge < -0.3 is 5.11 Å². The lowest BCUT2D eigenvalue weighted by Crippen LogP contribution is -2.19. The molecule has 2 heteroatoms. The summed E-state index contributed by atoms with van der Waals surface area (Å²) in [6, 6.07) is 9.31. The van der Waals surface area contributed by atoms with Gasteiger partial charge in [-0.15, -0.1) is 0 Å². The zero-order chi connectivity index (χ0) is 10.6. The minimum Gasteiger partial charge on any atom is -0.388 e. The van der Waals surface area contributed by atoms with E-state index in [1.165, 1.54) is 6.92 Å². The van der Waals surface area contributed by atoms with Gasteiger partial charge in [-0.05, 0) is 18.9 Å². The van der Waals surface area contributed by atoms with Crippen molar-refractivity contribution < 1.29 is 9.90 Å². The van der Waals surface area contributed by atoms with Crippen molar-refractivity contribution in [3.63, 3.8) is 0 Å². The molecule has 0 aliphatic rings. The molecule has 0 unspecified atom stereocenters. The number of hydrogen-bond acceptors (Lipinski definition) is 2. The van der Waals surface area contributed by atoms with E-state index >= 15 is 0 Å². The summed E-state index contributed by atoms with van der Waals surface area (Å²) in [7, 11) is 0. The van der Waals surface area contributed by atoms with Crippen molar-refractivity contribution in [3.8, 4) is 0 Å². The number of carbonyl (C=O) groups is 1. The molecule has 0 amide bonds. The number of benzene rings is 1. The SMILES string of the molecule is CC[C@H](C(C)=O)[C@@H](O)c1ccccc1. The van der Waals surface area contributed by atoms with Crippen molar-refractivity contribution in [2.75, 3.05) is 0 Å². The number of Topliss-reactive ketones (excluding diaryl/α,β-unsaturated/α-hetero) is 1. The van der Waals surface area contributed by atoms with E-state index in [-0.39, 0.29) is 11.7 Å². The van der Waals surface area contributed by atoms with E-state index in [2.05, 4.69) is 0 Å². The second kappa shape index (κ2) is 4.91. The second-order valence-electron chi connectivity index (χ2n) is 3.48. The van der Waals surface area contributed by atoms with Gasteiger partial charge in [-0.2, -0.15) is 0 Å². The smallest absolute Gasteiger partial charge is 0.135 e. The minimum absolute atomic E-state index is 0.0452. The third-order valence-electron chi connectivity index (χ3n) is 2.48. The van der Waals surface area contributed by atoms with Crippen molar-refractivity contribution in [3.05, 3.63) is 35.9 Å². The molecule has 2 atom stereocenters. The van der Waals surface area contributed by atoms with Gasteiger partial charge >= 0.3 is 0 Å². The molecular formula is C12H16O2. The molecule has 1 aromatic carbocycles. The molecule has 0 saturated heterocycles. The predicted molar refractivity (Wildman–Crippen MR) is 55.9 cm³/mol. The number of aliphatic hydroxyl groups is 1. The van der Waals surface area contributed by atoms with Crippen LogP contribution < -0.4 is 0 Å². The van der Waals surface area contributed by atoms with Gasteiger partial charge in [0.05, 0.1) is 6.10 Å². The Hall–Kier alpha value is -1.15. The third-order valence-corrected chi connectivity index (χ3v) is 2.48. The summed E-state index contributed by atoms with van der Waals surface area (Å²) in [4.78, 5) is 11.2. The van der Waals surface area contributed by atoms with E-state index in [4.69, 9.17) is 0 Å². The Balaban J connectivity index is 2.83. The fourth-order valence-electron chi connectivity index (χ4n) is 1.62. The number of rotatable bonds is 4. The van der Waals surface area contributed by atoms with Crippen molar-refractivity contribution in [2.24, 2.45) is 5.92 Å². The van der Waals surface area contributed by atoms with Crippen LogP contribution in [0.4, 0.5) is 0 Å². The van der Waals surface area contributed by atoms with Crippen LogP contribution in [0.2, 0.25) is 0 Å². The van der Waals surface area contributed by atoms with Crippen LogP contribution in [0.25, 0.3) is 0 Å². The van der Waals surface area contributed by atoms with Crippen molar-refractivity contribution >= 4 is 5.78 Å². The number of carbonyl (C=O) groups excluding carboxylic acids is 1. The fraction of sp³-hybridized carbons (Fsp3) is 0.417. The van der Waals surface area contributed by atoms with Crippen LogP contribution in [0.5, 0.6) is 0 Å². The summed E-state index contributed by atoms with van der Waals surface area (Å²) in [5, 5.41) is 9.93. The maximum Gasteiger partial charge on any atom is 0.135 e. The summed E-state index contributed by atoms with van der Waals surface area (Å²) in [5.41, 5.74) is 0.814. The normalized spacial score (nSPS) is 14.8. The number of aliphatic hydroxyl groups excluding tert-OH is 1. The summed E-state index contributed by atoms with van der Waals surface area (Å²) < 4.78 is 0. The Morgan fingerprint density at radius 2 is 1.93 bits per heavy atom. The van der Waals surface area contributed by atoms with E-state index in [1.807, 2.05) is 37.3 Å². The molecule has 1 N–H and O–H groups in total. The molecule has 0 heterocycles. The maximum absolute atomic E-state index is 11.2. The van der Waals surface area contributed by atoms with Crippen molar-refractivity contribution in [1.82, 2.24) is 0 Å². The monoisotopic (exact) mass is 192 g/mol. The van der Waals surface area contributed by atoms with E-state index < -0.39 is 6.10 Å². The lowest BCUT2D eigenvalue weighted by Gasteiger charge is -2.18. The molecule has 0 radical (unpaired) electrons.